The quantitative estimate of drug-likeness (QED) is 0.660. The number of aromatic nitrogens is 2. The van der Waals surface area contributed by atoms with E-state index in [9.17, 15) is 9.59 Å². The van der Waals surface area contributed by atoms with Gasteiger partial charge in [0, 0.05) is 17.1 Å². The third-order valence-corrected chi connectivity index (χ3v) is 4.91. The van der Waals surface area contributed by atoms with Gasteiger partial charge in [0.2, 0.25) is 0 Å². The summed E-state index contributed by atoms with van der Waals surface area (Å²) in [6, 6.07) is 6.05. The van der Waals surface area contributed by atoms with Crippen LogP contribution in [0.5, 0.6) is 0 Å². The van der Waals surface area contributed by atoms with Crippen LogP contribution in [-0.4, -0.2) is 15.4 Å². The molecule has 2 heterocycles. The van der Waals surface area contributed by atoms with Gasteiger partial charge in [0.1, 0.15) is 6.61 Å². The van der Waals surface area contributed by atoms with Crippen LogP contribution in [0.2, 0.25) is 10.0 Å². The van der Waals surface area contributed by atoms with Gasteiger partial charge in [-0.25, -0.2) is 9.78 Å². The fourth-order valence-corrected chi connectivity index (χ4v) is 3.32. The number of carbonyl (C=O) groups is 1. The SMILES string of the molecule is Cc1csc2nc(COC(=O)c3cccc(Cl)c3Cl)cc(=O)n12. The van der Waals surface area contributed by atoms with E-state index < -0.39 is 5.97 Å². The zero-order valence-electron chi connectivity index (χ0n) is 11.9. The van der Waals surface area contributed by atoms with Crippen LogP contribution in [0.25, 0.3) is 4.96 Å². The summed E-state index contributed by atoms with van der Waals surface area (Å²) in [7, 11) is 0. The molecule has 0 aliphatic rings. The van der Waals surface area contributed by atoms with E-state index in [1.165, 1.54) is 27.9 Å². The Bertz CT molecular complexity index is 965. The molecule has 3 rings (SSSR count). The van der Waals surface area contributed by atoms with E-state index in [2.05, 4.69) is 4.98 Å². The molecule has 118 valence electrons. The van der Waals surface area contributed by atoms with Gasteiger partial charge in [0.15, 0.2) is 4.96 Å². The molecule has 23 heavy (non-hydrogen) atoms. The van der Waals surface area contributed by atoms with Crippen LogP contribution < -0.4 is 5.56 Å². The Morgan fingerprint density at radius 3 is 2.96 bits per heavy atom. The highest BCUT2D eigenvalue weighted by Crippen LogP contribution is 2.26. The van der Waals surface area contributed by atoms with E-state index in [4.69, 9.17) is 27.9 Å². The molecule has 0 N–H and O–H groups in total. The van der Waals surface area contributed by atoms with Gasteiger partial charge in [-0.05, 0) is 19.1 Å². The highest BCUT2D eigenvalue weighted by atomic mass is 35.5. The maximum atomic E-state index is 12.1. The standard InChI is InChI=1S/C15H10Cl2N2O3S/c1-8-7-23-15-18-9(5-12(20)19(8)15)6-22-14(21)10-3-2-4-11(16)13(10)17/h2-5,7H,6H2,1H3. The van der Waals surface area contributed by atoms with Crippen molar-refractivity contribution in [2.24, 2.45) is 0 Å². The number of thiazole rings is 1. The Kier molecular flexibility index (Phi) is 4.39. The number of fused-ring (bicyclic) bond motifs is 1. The number of aryl methyl sites for hydroxylation is 1. The highest BCUT2D eigenvalue weighted by Gasteiger charge is 2.15. The van der Waals surface area contributed by atoms with E-state index >= 15 is 0 Å². The molecular weight excluding hydrogens is 359 g/mol. The van der Waals surface area contributed by atoms with E-state index in [0.29, 0.717) is 10.7 Å². The van der Waals surface area contributed by atoms with E-state index in [0.717, 1.165) is 5.69 Å². The molecule has 0 unspecified atom stereocenters. The van der Waals surface area contributed by atoms with Crippen LogP contribution in [-0.2, 0) is 11.3 Å². The fourth-order valence-electron chi connectivity index (χ4n) is 2.05. The van der Waals surface area contributed by atoms with Crippen molar-refractivity contribution in [1.29, 1.82) is 0 Å². The van der Waals surface area contributed by atoms with Gasteiger partial charge >= 0.3 is 5.97 Å². The summed E-state index contributed by atoms with van der Waals surface area (Å²) < 4.78 is 6.68. The minimum Gasteiger partial charge on any atom is -0.456 e. The third kappa shape index (κ3) is 3.10. The van der Waals surface area contributed by atoms with Gasteiger partial charge in [-0.1, -0.05) is 29.3 Å². The van der Waals surface area contributed by atoms with Crippen molar-refractivity contribution >= 4 is 45.5 Å². The van der Waals surface area contributed by atoms with Gasteiger partial charge < -0.3 is 4.74 Å². The lowest BCUT2D eigenvalue weighted by Gasteiger charge is -2.07. The van der Waals surface area contributed by atoms with Crippen molar-refractivity contribution in [2.75, 3.05) is 0 Å². The van der Waals surface area contributed by atoms with Gasteiger partial charge in [-0.3, -0.25) is 9.20 Å². The number of hydrogen-bond acceptors (Lipinski definition) is 5. The molecule has 3 aromatic rings. The lowest BCUT2D eigenvalue weighted by molar-refractivity contribution is 0.0468. The Morgan fingerprint density at radius 1 is 1.39 bits per heavy atom. The van der Waals surface area contributed by atoms with Gasteiger partial charge in [0.05, 0.1) is 21.3 Å². The number of ether oxygens (including phenoxy) is 1. The van der Waals surface area contributed by atoms with E-state index in [1.54, 1.807) is 12.1 Å². The fraction of sp³-hybridized carbons (Fsp3) is 0.133. The lowest BCUT2D eigenvalue weighted by Crippen LogP contribution is -2.16. The van der Waals surface area contributed by atoms with Crippen molar-refractivity contribution in [1.82, 2.24) is 9.38 Å². The monoisotopic (exact) mass is 368 g/mol. The van der Waals surface area contributed by atoms with Crippen LogP contribution in [0.1, 0.15) is 21.7 Å². The van der Waals surface area contributed by atoms with Crippen LogP contribution >= 0.6 is 34.5 Å². The number of rotatable bonds is 3. The minimum absolute atomic E-state index is 0.121. The molecule has 0 saturated heterocycles. The van der Waals surface area contributed by atoms with E-state index in [-0.39, 0.29) is 27.8 Å². The molecular formula is C15H10Cl2N2O3S. The number of halogens is 2. The van der Waals surface area contributed by atoms with Gasteiger partial charge in [0.25, 0.3) is 5.56 Å². The Hall–Kier alpha value is -1.89. The zero-order chi connectivity index (χ0) is 16.6. The third-order valence-electron chi connectivity index (χ3n) is 3.15. The molecule has 0 amide bonds. The maximum Gasteiger partial charge on any atom is 0.340 e. The summed E-state index contributed by atoms with van der Waals surface area (Å²) in [6.07, 6.45) is 0. The van der Waals surface area contributed by atoms with Crippen molar-refractivity contribution in [3.05, 3.63) is 67.0 Å². The second-order valence-electron chi connectivity index (χ2n) is 4.76. The van der Waals surface area contributed by atoms with Crippen LogP contribution in [0.4, 0.5) is 0 Å². The number of hydrogen-bond donors (Lipinski definition) is 0. The number of esters is 1. The van der Waals surface area contributed by atoms with Crippen molar-refractivity contribution < 1.29 is 9.53 Å². The average Bonchev–Trinajstić information content (AvgIpc) is 2.89. The summed E-state index contributed by atoms with van der Waals surface area (Å²) in [5.74, 6) is -0.623. The van der Waals surface area contributed by atoms with Crippen molar-refractivity contribution in [2.45, 2.75) is 13.5 Å². The van der Waals surface area contributed by atoms with Crippen LogP contribution in [0.3, 0.4) is 0 Å². The first kappa shape index (κ1) is 16.0. The predicted molar refractivity (Wildman–Crippen MR) is 89.7 cm³/mol. The van der Waals surface area contributed by atoms with Crippen molar-refractivity contribution in [3.8, 4) is 0 Å². The summed E-state index contributed by atoms with van der Waals surface area (Å²) in [5, 5.41) is 2.25. The topological polar surface area (TPSA) is 60.7 Å². The first-order chi connectivity index (χ1) is 11.0. The smallest absolute Gasteiger partial charge is 0.340 e. The summed E-state index contributed by atoms with van der Waals surface area (Å²) in [5.41, 5.74) is 1.16. The molecule has 0 saturated carbocycles. The highest BCUT2D eigenvalue weighted by molar-refractivity contribution is 7.15. The number of benzene rings is 1. The van der Waals surface area contributed by atoms with E-state index in [1.807, 2.05) is 12.3 Å². The van der Waals surface area contributed by atoms with Gasteiger partial charge in [-0.2, -0.15) is 0 Å². The first-order valence-corrected chi connectivity index (χ1v) is 8.19. The molecule has 1 aromatic carbocycles. The molecule has 5 nitrogen and oxygen atoms in total. The van der Waals surface area contributed by atoms with Gasteiger partial charge in [-0.15, -0.1) is 11.3 Å². The minimum atomic E-state index is -0.623. The zero-order valence-corrected chi connectivity index (χ0v) is 14.2. The Labute approximate surface area is 145 Å². The summed E-state index contributed by atoms with van der Waals surface area (Å²) in [4.78, 5) is 29.0. The summed E-state index contributed by atoms with van der Waals surface area (Å²) >= 11 is 13.2. The second-order valence-corrected chi connectivity index (χ2v) is 6.38. The molecule has 0 bridgehead atoms. The summed E-state index contributed by atoms with van der Waals surface area (Å²) in [6.45, 7) is 1.71. The Balaban J connectivity index is 1.82. The molecule has 0 radical (unpaired) electrons. The maximum absolute atomic E-state index is 12.1. The number of carbonyl (C=O) groups excluding carboxylic acids is 1. The molecule has 0 aliphatic carbocycles. The molecule has 0 atom stereocenters. The molecule has 0 fully saturated rings. The molecule has 8 heteroatoms. The average molecular weight is 369 g/mol. The largest absolute Gasteiger partial charge is 0.456 e. The molecule has 2 aromatic heterocycles. The van der Waals surface area contributed by atoms with Crippen LogP contribution in [0, 0.1) is 6.92 Å². The molecule has 0 aliphatic heterocycles. The second kappa shape index (κ2) is 6.31. The number of nitrogens with zero attached hydrogens (tertiary/aromatic N) is 2. The molecule has 0 spiro atoms. The Morgan fingerprint density at radius 2 is 2.17 bits per heavy atom. The van der Waals surface area contributed by atoms with Crippen LogP contribution in [0.15, 0.2) is 34.4 Å². The normalized spacial score (nSPS) is 10.9. The predicted octanol–water partition coefficient (Wildman–Crippen LogP) is 3.73. The lowest BCUT2D eigenvalue weighted by atomic mass is 10.2. The first-order valence-electron chi connectivity index (χ1n) is 6.55. The van der Waals surface area contributed by atoms with Crippen molar-refractivity contribution in [3.63, 3.8) is 0 Å².